The molecule has 0 aliphatic carbocycles. The third-order valence-corrected chi connectivity index (χ3v) is 3.59. The summed E-state index contributed by atoms with van der Waals surface area (Å²) in [6.45, 7) is 4.15. The first kappa shape index (κ1) is 10.4. The average molecular weight is 233 g/mol. The van der Waals surface area contributed by atoms with Crippen LogP contribution in [-0.4, -0.2) is 29.6 Å². The monoisotopic (exact) mass is 232 g/mol. The SMILES string of the molecule is Cc1csc(CNC2COCC2Cl)n1. The Morgan fingerprint density at radius 1 is 1.71 bits per heavy atom. The fourth-order valence-electron chi connectivity index (χ4n) is 1.42. The highest BCUT2D eigenvalue weighted by Gasteiger charge is 2.25. The number of alkyl halides is 1. The number of halogens is 1. The van der Waals surface area contributed by atoms with Crippen LogP contribution in [0.25, 0.3) is 0 Å². The zero-order chi connectivity index (χ0) is 9.97. The van der Waals surface area contributed by atoms with Crippen molar-refractivity contribution in [1.29, 1.82) is 0 Å². The van der Waals surface area contributed by atoms with Crippen molar-refractivity contribution >= 4 is 22.9 Å². The second kappa shape index (κ2) is 4.57. The summed E-state index contributed by atoms with van der Waals surface area (Å²) in [5.74, 6) is 0. The molecule has 78 valence electrons. The smallest absolute Gasteiger partial charge is 0.107 e. The average Bonchev–Trinajstić information content (AvgIpc) is 2.72. The molecule has 0 bridgehead atoms. The summed E-state index contributed by atoms with van der Waals surface area (Å²) in [4.78, 5) is 4.37. The van der Waals surface area contributed by atoms with E-state index >= 15 is 0 Å². The van der Waals surface area contributed by atoms with Crippen molar-refractivity contribution in [2.45, 2.75) is 24.9 Å². The van der Waals surface area contributed by atoms with E-state index in [0.29, 0.717) is 13.2 Å². The van der Waals surface area contributed by atoms with Crippen LogP contribution in [0.5, 0.6) is 0 Å². The lowest BCUT2D eigenvalue weighted by Crippen LogP contribution is -2.35. The molecule has 3 nitrogen and oxygen atoms in total. The molecule has 14 heavy (non-hydrogen) atoms. The number of ether oxygens (including phenoxy) is 1. The van der Waals surface area contributed by atoms with Crippen molar-refractivity contribution in [3.8, 4) is 0 Å². The van der Waals surface area contributed by atoms with Crippen molar-refractivity contribution in [1.82, 2.24) is 10.3 Å². The first-order valence-electron chi connectivity index (χ1n) is 4.62. The second-order valence-corrected chi connectivity index (χ2v) is 4.93. The van der Waals surface area contributed by atoms with Crippen LogP contribution in [-0.2, 0) is 11.3 Å². The molecule has 5 heteroatoms. The minimum Gasteiger partial charge on any atom is -0.378 e. The van der Waals surface area contributed by atoms with Gasteiger partial charge in [0.2, 0.25) is 0 Å². The van der Waals surface area contributed by atoms with Gasteiger partial charge in [0.25, 0.3) is 0 Å². The van der Waals surface area contributed by atoms with Crippen molar-refractivity contribution in [3.63, 3.8) is 0 Å². The number of aryl methyl sites for hydroxylation is 1. The number of rotatable bonds is 3. The minimum absolute atomic E-state index is 0.0936. The molecule has 0 spiro atoms. The molecule has 0 amide bonds. The van der Waals surface area contributed by atoms with Crippen LogP contribution in [0, 0.1) is 6.92 Å². The Hall–Kier alpha value is -0.160. The first-order chi connectivity index (χ1) is 6.75. The van der Waals surface area contributed by atoms with Crippen LogP contribution in [0.15, 0.2) is 5.38 Å². The normalized spacial score (nSPS) is 27.0. The van der Waals surface area contributed by atoms with Crippen molar-refractivity contribution in [2.75, 3.05) is 13.2 Å². The number of hydrogen-bond donors (Lipinski definition) is 1. The maximum atomic E-state index is 6.05. The standard InChI is InChI=1S/C9H13ClN2OS/c1-6-5-14-9(12-6)2-11-8-4-13-3-7(8)10/h5,7-8,11H,2-4H2,1H3. The molecule has 1 N–H and O–H groups in total. The van der Waals surface area contributed by atoms with E-state index in [1.165, 1.54) is 0 Å². The predicted molar refractivity (Wildman–Crippen MR) is 57.9 cm³/mol. The Balaban J connectivity index is 1.82. The lowest BCUT2D eigenvalue weighted by molar-refractivity contribution is 0.190. The highest BCUT2D eigenvalue weighted by molar-refractivity contribution is 7.09. The highest BCUT2D eigenvalue weighted by atomic mass is 35.5. The Kier molecular flexibility index (Phi) is 3.38. The fraction of sp³-hybridized carbons (Fsp3) is 0.667. The molecule has 2 rings (SSSR count). The summed E-state index contributed by atoms with van der Waals surface area (Å²) in [6.07, 6.45) is 0. The van der Waals surface area contributed by atoms with Gasteiger partial charge in [0.05, 0.1) is 18.6 Å². The van der Waals surface area contributed by atoms with E-state index in [9.17, 15) is 0 Å². The second-order valence-electron chi connectivity index (χ2n) is 3.42. The minimum atomic E-state index is 0.0936. The lowest BCUT2D eigenvalue weighted by atomic mass is 10.2. The van der Waals surface area contributed by atoms with Crippen LogP contribution in [0.3, 0.4) is 0 Å². The molecule has 1 saturated heterocycles. The van der Waals surface area contributed by atoms with E-state index in [1.54, 1.807) is 11.3 Å². The fourth-order valence-corrected chi connectivity index (χ4v) is 2.39. The third kappa shape index (κ3) is 2.45. The number of nitrogens with zero attached hydrogens (tertiary/aromatic N) is 1. The molecule has 1 aliphatic heterocycles. The van der Waals surface area contributed by atoms with Gasteiger partial charge in [-0.3, -0.25) is 0 Å². The number of hydrogen-bond acceptors (Lipinski definition) is 4. The maximum absolute atomic E-state index is 6.05. The molecule has 0 radical (unpaired) electrons. The van der Waals surface area contributed by atoms with Gasteiger partial charge >= 0.3 is 0 Å². The van der Waals surface area contributed by atoms with E-state index in [4.69, 9.17) is 16.3 Å². The van der Waals surface area contributed by atoms with Gasteiger partial charge in [-0.25, -0.2) is 4.98 Å². The van der Waals surface area contributed by atoms with Gasteiger partial charge in [-0.2, -0.15) is 0 Å². The van der Waals surface area contributed by atoms with Crippen LogP contribution in [0.2, 0.25) is 0 Å². The summed E-state index contributed by atoms with van der Waals surface area (Å²) >= 11 is 7.72. The van der Waals surface area contributed by atoms with Gasteiger partial charge < -0.3 is 10.1 Å². The zero-order valence-corrected chi connectivity index (χ0v) is 9.57. The molecule has 1 fully saturated rings. The van der Waals surface area contributed by atoms with Gasteiger partial charge in [0.1, 0.15) is 5.01 Å². The number of thiazole rings is 1. The quantitative estimate of drug-likeness (QED) is 0.803. The number of aromatic nitrogens is 1. The van der Waals surface area contributed by atoms with Crippen molar-refractivity contribution in [3.05, 3.63) is 16.1 Å². The van der Waals surface area contributed by atoms with Crippen molar-refractivity contribution < 1.29 is 4.74 Å². The summed E-state index contributed by atoms with van der Waals surface area (Å²) in [5.41, 5.74) is 1.08. The zero-order valence-electron chi connectivity index (χ0n) is 8.00. The molecule has 2 unspecified atom stereocenters. The topological polar surface area (TPSA) is 34.1 Å². The number of nitrogens with one attached hydrogen (secondary N) is 1. The Bertz CT molecular complexity index is 305. The third-order valence-electron chi connectivity index (χ3n) is 2.19. The Labute approximate surface area is 92.4 Å². The predicted octanol–water partition coefficient (Wildman–Crippen LogP) is 1.55. The van der Waals surface area contributed by atoms with E-state index in [1.807, 2.05) is 6.92 Å². The summed E-state index contributed by atoms with van der Waals surface area (Å²) < 4.78 is 5.25. The Morgan fingerprint density at radius 3 is 3.14 bits per heavy atom. The van der Waals surface area contributed by atoms with Crippen LogP contribution in [0.1, 0.15) is 10.7 Å². The molecular formula is C9H13ClN2OS. The van der Waals surface area contributed by atoms with Crippen LogP contribution in [0.4, 0.5) is 0 Å². The maximum Gasteiger partial charge on any atom is 0.107 e. The molecular weight excluding hydrogens is 220 g/mol. The van der Waals surface area contributed by atoms with E-state index in [2.05, 4.69) is 15.7 Å². The van der Waals surface area contributed by atoms with E-state index < -0.39 is 0 Å². The van der Waals surface area contributed by atoms with E-state index in [-0.39, 0.29) is 11.4 Å². The van der Waals surface area contributed by atoms with Gasteiger partial charge in [0.15, 0.2) is 0 Å². The molecule has 1 aliphatic rings. The lowest BCUT2D eigenvalue weighted by Gasteiger charge is -2.12. The van der Waals surface area contributed by atoms with E-state index in [0.717, 1.165) is 17.2 Å². The molecule has 1 aromatic heterocycles. The van der Waals surface area contributed by atoms with Gasteiger partial charge in [0, 0.05) is 23.7 Å². The van der Waals surface area contributed by atoms with Gasteiger partial charge in [-0.15, -0.1) is 22.9 Å². The first-order valence-corrected chi connectivity index (χ1v) is 5.93. The molecule has 2 atom stereocenters. The van der Waals surface area contributed by atoms with Crippen LogP contribution < -0.4 is 5.32 Å². The molecule has 2 heterocycles. The summed E-state index contributed by atoms with van der Waals surface area (Å²) in [5, 5.41) is 6.61. The van der Waals surface area contributed by atoms with Crippen LogP contribution >= 0.6 is 22.9 Å². The molecule has 0 aromatic carbocycles. The van der Waals surface area contributed by atoms with Gasteiger partial charge in [-0.05, 0) is 6.92 Å². The molecule has 1 aromatic rings. The Morgan fingerprint density at radius 2 is 2.57 bits per heavy atom. The largest absolute Gasteiger partial charge is 0.378 e. The summed E-state index contributed by atoms with van der Waals surface area (Å²) in [7, 11) is 0. The highest BCUT2D eigenvalue weighted by Crippen LogP contribution is 2.14. The van der Waals surface area contributed by atoms with Crippen molar-refractivity contribution in [2.24, 2.45) is 0 Å². The molecule has 0 saturated carbocycles. The van der Waals surface area contributed by atoms with Gasteiger partial charge in [-0.1, -0.05) is 0 Å². The summed E-state index contributed by atoms with van der Waals surface area (Å²) in [6, 6.07) is 0.265.